The number of allylic oxidation sites excluding steroid dienone is 1. The monoisotopic (exact) mass is 260 g/mol. The topological polar surface area (TPSA) is 78.4 Å². The van der Waals surface area contributed by atoms with Crippen LogP contribution in [0, 0.1) is 15.3 Å². The summed E-state index contributed by atoms with van der Waals surface area (Å²) in [6.45, 7) is 0. The van der Waals surface area contributed by atoms with Gasteiger partial charge in [0, 0.05) is 23.0 Å². The molecule has 1 aliphatic carbocycles. The molecule has 0 N–H and O–H groups in total. The fourth-order valence-electron chi connectivity index (χ4n) is 2.56. The fourth-order valence-corrected chi connectivity index (χ4v) is 2.56. The number of nitro groups is 1. The van der Waals surface area contributed by atoms with Gasteiger partial charge in [-0.2, -0.15) is 0 Å². The summed E-state index contributed by atoms with van der Waals surface area (Å²) in [4.78, 5) is 16.4. The second-order valence-electron chi connectivity index (χ2n) is 4.56. The molecule has 2 aliphatic rings. The molecule has 0 fully saturated rings. The highest BCUT2D eigenvalue weighted by Crippen LogP contribution is 2.39. The molecule has 1 aliphatic heterocycles. The third kappa shape index (κ3) is 1.85. The van der Waals surface area contributed by atoms with Crippen molar-refractivity contribution in [2.24, 2.45) is 0 Å². The van der Waals surface area contributed by atoms with Crippen LogP contribution in [0.4, 0.5) is 5.69 Å². The standard InChI is InChI=1S/C13H12N2O4/c16-14(17)11-7-3-1-5-9(11)13-10-6-2-4-8-12(10)15(18)19-13/h1,3,5-7,13H,2,4,8H2. The van der Waals surface area contributed by atoms with E-state index >= 15 is 0 Å². The molecule has 0 radical (unpaired) electrons. The Bertz CT molecular complexity index is 606. The number of nitro benzene ring substituents is 1. The molecular weight excluding hydrogens is 248 g/mol. The number of nitrogens with zero attached hydrogens (tertiary/aromatic N) is 2. The smallest absolute Gasteiger partial charge is 0.274 e. The first-order chi connectivity index (χ1) is 9.18. The lowest BCUT2D eigenvalue weighted by molar-refractivity contribution is -0.743. The highest BCUT2D eigenvalue weighted by molar-refractivity contribution is 5.99. The van der Waals surface area contributed by atoms with E-state index in [0.29, 0.717) is 22.6 Å². The van der Waals surface area contributed by atoms with Crippen molar-refractivity contribution in [1.82, 2.24) is 0 Å². The zero-order valence-electron chi connectivity index (χ0n) is 10.1. The van der Waals surface area contributed by atoms with Crippen LogP contribution in [-0.4, -0.2) is 15.5 Å². The molecule has 98 valence electrons. The van der Waals surface area contributed by atoms with Crippen molar-refractivity contribution < 1.29 is 14.7 Å². The lowest BCUT2D eigenvalue weighted by Gasteiger charge is -2.15. The lowest BCUT2D eigenvalue weighted by atomic mass is 9.90. The summed E-state index contributed by atoms with van der Waals surface area (Å²) in [5, 5.41) is 22.8. The summed E-state index contributed by atoms with van der Waals surface area (Å²) < 4.78 is 0. The molecule has 1 unspecified atom stereocenters. The van der Waals surface area contributed by atoms with Gasteiger partial charge in [-0.15, -0.1) is 0 Å². The van der Waals surface area contributed by atoms with Gasteiger partial charge in [0.25, 0.3) is 5.69 Å². The Morgan fingerprint density at radius 3 is 2.95 bits per heavy atom. The maximum Gasteiger partial charge on any atom is 0.274 e. The number of hydrogen-bond donors (Lipinski definition) is 0. The molecule has 6 nitrogen and oxygen atoms in total. The quantitative estimate of drug-likeness (QED) is 0.465. The molecular formula is C13H12N2O4. The third-order valence-electron chi connectivity index (χ3n) is 3.44. The molecule has 3 rings (SSSR count). The largest absolute Gasteiger partial charge is 0.390 e. The maximum atomic E-state index is 11.7. The van der Waals surface area contributed by atoms with Crippen LogP contribution in [-0.2, 0) is 4.84 Å². The van der Waals surface area contributed by atoms with Gasteiger partial charge in [0.1, 0.15) is 6.10 Å². The van der Waals surface area contributed by atoms with Gasteiger partial charge in [0.2, 0.25) is 5.71 Å². The Hall–Kier alpha value is -2.37. The number of fused-ring (bicyclic) bond motifs is 1. The van der Waals surface area contributed by atoms with Gasteiger partial charge in [0.15, 0.2) is 0 Å². The van der Waals surface area contributed by atoms with Crippen molar-refractivity contribution in [1.29, 1.82) is 0 Å². The second-order valence-corrected chi connectivity index (χ2v) is 4.56. The van der Waals surface area contributed by atoms with E-state index < -0.39 is 11.0 Å². The summed E-state index contributed by atoms with van der Waals surface area (Å²) in [6.07, 6.45) is 3.72. The predicted octanol–water partition coefficient (Wildman–Crippen LogP) is 2.64. The van der Waals surface area contributed by atoms with Crippen LogP contribution >= 0.6 is 0 Å². The van der Waals surface area contributed by atoms with Crippen LogP contribution in [0.2, 0.25) is 0 Å². The molecule has 0 saturated carbocycles. The second kappa shape index (κ2) is 4.38. The van der Waals surface area contributed by atoms with E-state index in [1.807, 2.05) is 6.08 Å². The molecule has 0 saturated heterocycles. The average molecular weight is 260 g/mol. The van der Waals surface area contributed by atoms with Gasteiger partial charge in [0.05, 0.1) is 10.5 Å². The summed E-state index contributed by atoms with van der Waals surface area (Å²) in [7, 11) is 0. The Labute approximate surface area is 109 Å². The zero-order chi connectivity index (χ0) is 13.4. The molecule has 1 heterocycles. The SMILES string of the molecule is O=[N+]([O-])c1ccccc1C1O[N+]([O-])=C2CCCC=C21. The summed E-state index contributed by atoms with van der Waals surface area (Å²) in [6, 6.07) is 6.37. The molecule has 1 aromatic carbocycles. The van der Waals surface area contributed by atoms with Crippen molar-refractivity contribution in [2.45, 2.75) is 25.4 Å². The first-order valence-corrected chi connectivity index (χ1v) is 6.12. The lowest BCUT2D eigenvalue weighted by Crippen LogP contribution is -2.11. The van der Waals surface area contributed by atoms with Gasteiger partial charge < -0.3 is 4.84 Å². The van der Waals surface area contributed by atoms with E-state index in [9.17, 15) is 15.3 Å². The van der Waals surface area contributed by atoms with Gasteiger partial charge in [-0.3, -0.25) is 15.3 Å². The van der Waals surface area contributed by atoms with E-state index in [1.54, 1.807) is 18.2 Å². The summed E-state index contributed by atoms with van der Waals surface area (Å²) >= 11 is 0. The van der Waals surface area contributed by atoms with Crippen LogP contribution < -0.4 is 0 Å². The van der Waals surface area contributed by atoms with Gasteiger partial charge in [-0.05, 0) is 12.8 Å². The van der Waals surface area contributed by atoms with Crippen LogP contribution in [0.3, 0.4) is 0 Å². The molecule has 19 heavy (non-hydrogen) atoms. The molecule has 1 atom stereocenters. The Morgan fingerprint density at radius 2 is 2.16 bits per heavy atom. The van der Waals surface area contributed by atoms with Gasteiger partial charge >= 0.3 is 0 Å². The molecule has 0 bridgehead atoms. The molecule has 0 aromatic heterocycles. The van der Waals surface area contributed by atoms with Crippen molar-refractivity contribution in [3.05, 3.63) is 56.8 Å². The third-order valence-corrected chi connectivity index (χ3v) is 3.44. The Kier molecular flexibility index (Phi) is 2.70. The Balaban J connectivity index is 2.06. The van der Waals surface area contributed by atoms with Crippen LogP contribution in [0.15, 0.2) is 35.9 Å². The van der Waals surface area contributed by atoms with Crippen LogP contribution in [0.1, 0.15) is 30.9 Å². The summed E-state index contributed by atoms with van der Waals surface area (Å²) in [5.74, 6) is 0. The molecule has 0 amide bonds. The number of para-hydroxylation sites is 1. The highest BCUT2D eigenvalue weighted by Gasteiger charge is 2.38. The first-order valence-electron chi connectivity index (χ1n) is 6.12. The van der Waals surface area contributed by atoms with Crippen LogP contribution in [0.25, 0.3) is 0 Å². The van der Waals surface area contributed by atoms with Gasteiger partial charge in [-0.1, -0.05) is 24.3 Å². The van der Waals surface area contributed by atoms with Crippen molar-refractivity contribution >= 4 is 11.4 Å². The van der Waals surface area contributed by atoms with E-state index in [-0.39, 0.29) is 5.69 Å². The van der Waals surface area contributed by atoms with E-state index in [4.69, 9.17) is 4.84 Å². The average Bonchev–Trinajstić information content (AvgIpc) is 2.77. The van der Waals surface area contributed by atoms with Crippen molar-refractivity contribution in [3.63, 3.8) is 0 Å². The number of benzene rings is 1. The minimum atomic E-state index is -0.658. The Morgan fingerprint density at radius 1 is 1.37 bits per heavy atom. The minimum Gasteiger partial charge on any atom is -0.390 e. The predicted molar refractivity (Wildman–Crippen MR) is 67.5 cm³/mol. The highest BCUT2D eigenvalue weighted by atomic mass is 16.9. The van der Waals surface area contributed by atoms with Crippen molar-refractivity contribution in [3.8, 4) is 0 Å². The van der Waals surface area contributed by atoms with E-state index in [0.717, 1.165) is 18.4 Å². The minimum absolute atomic E-state index is 0.0198. The van der Waals surface area contributed by atoms with E-state index in [1.165, 1.54) is 6.07 Å². The maximum absolute atomic E-state index is 11.7. The number of rotatable bonds is 2. The van der Waals surface area contributed by atoms with Crippen molar-refractivity contribution in [2.75, 3.05) is 0 Å². The molecule has 0 spiro atoms. The number of hydrogen-bond acceptors (Lipinski definition) is 4. The van der Waals surface area contributed by atoms with E-state index in [2.05, 4.69) is 0 Å². The molecule has 6 heteroatoms. The summed E-state index contributed by atoms with van der Waals surface area (Å²) in [5.41, 5.74) is 1.77. The first kappa shape index (κ1) is 11.7. The fraction of sp³-hybridized carbons (Fsp3) is 0.308. The molecule has 1 aromatic rings. The normalized spacial score (nSPS) is 21.7. The van der Waals surface area contributed by atoms with Gasteiger partial charge in [-0.25, -0.2) is 0 Å². The zero-order valence-corrected chi connectivity index (χ0v) is 10.1. The van der Waals surface area contributed by atoms with Crippen LogP contribution in [0.5, 0.6) is 0 Å².